The number of carboxylic acids is 1. The SMILES string of the molecule is NC(=O)C[C@H](NC(=O)[C@H](CC(N)=O)NC(=O)[C@H](CC(N)=O)NC(=O)[C@@H](N)CC(N)=O)C(=O)NCC(=O)NCC(=O)O. The third kappa shape index (κ3) is 15.6. The van der Waals surface area contributed by atoms with Gasteiger partial charge in [-0.15, -0.1) is 0 Å². The van der Waals surface area contributed by atoms with Gasteiger partial charge in [0.05, 0.1) is 38.3 Å². The molecule has 41 heavy (non-hydrogen) atoms. The molecular formula is C20H32N10O11. The molecule has 0 aromatic carbocycles. The van der Waals surface area contributed by atoms with Crippen molar-refractivity contribution in [1.82, 2.24) is 26.6 Å². The Balaban J connectivity index is 5.70. The first-order valence-electron chi connectivity index (χ1n) is 11.5. The Labute approximate surface area is 231 Å². The lowest BCUT2D eigenvalue weighted by Crippen LogP contribution is -2.59. The highest BCUT2D eigenvalue weighted by Crippen LogP contribution is 2.01. The van der Waals surface area contributed by atoms with E-state index in [0.717, 1.165) is 0 Å². The van der Waals surface area contributed by atoms with Gasteiger partial charge in [-0.05, 0) is 0 Å². The number of aliphatic carboxylic acids is 1. The van der Waals surface area contributed by atoms with Gasteiger partial charge in [-0.25, -0.2) is 0 Å². The standard InChI is InChI=1S/C20H32N10O11/c21-7(1-11(22)31)17(38)28-9(3-13(24)33)19(40)30-10(4-14(25)34)20(41)29-8(2-12(23)32)18(39)27-5-15(35)26-6-16(36)37/h7-10H,1-6,21H2,(H2,22,31)(H2,23,32)(H2,24,33)(H2,25,34)(H,26,35)(H,27,39)(H,28,38)(H,29,41)(H,30,40)(H,36,37)/t7-,8-,9-,10-/m0/s1. The third-order valence-electron chi connectivity index (χ3n) is 4.73. The Kier molecular flexibility index (Phi) is 15.0. The van der Waals surface area contributed by atoms with Crippen molar-refractivity contribution in [1.29, 1.82) is 0 Å². The Hall–Kier alpha value is -5.34. The van der Waals surface area contributed by atoms with E-state index in [2.05, 4.69) is 0 Å². The third-order valence-corrected chi connectivity index (χ3v) is 4.73. The maximum atomic E-state index is 12.9. The van der Waals surface area contributed by atoms with E-state index in [1.54, 1.807) is 0 Å². The molecule has 0 aromatic heterocycles. The summed E-state index contributed by atoms with van der Waals surface area (Å²) >= 11 is 0. The number of rotatable bonds is 19. The van der Waals surface area contributed by atoms with E-state index in [4.69, 9.17) is 33.8 Å². The van der Waals surface area contributed by atoms with E-state index >= 15 is 0 Å². The molecule has 16 N–H and O–H groups in total. The fraction of sp³-hybridized carbons (Fsp3) is 0.500. The number of primary amides is 4. The van der Waals surface area contributed by atoms with Crippen molar-refractivity contribution >= 4 is 59.1 Å². The first-order valence-corrected chi connectivity index (χ1v) is 11.5. The maximum absolute atomic E-state index is 12.9. The lowest BCUT2D eigenvalue weighted by Gasteiger charge is -2.24. The van der Waals surface area contributed by atoms with Crippen LogP contribution in [0.1, 0.15) is 25.7 Å². The number of carbonyl (C=O) groups is 10. The molecule has 0 rings (SSSR count). The average molecular weight is 589 g/mol. The van der Waals surface area contributed by atoms with Gasteiger partial charge < -0.3 is 60.4 Å². The minimum atomic E-state index is -1.84. The van der Waals surface area contributed by atoms with Crippen molar-refractivity contribution in [3.63, 3.8) is 0 Å². The van der Waals surface area contributed by atoms with Crippen LogP contribution in [-0.2, 0) is 47.9 Å². The highest BCUT2D eigenvalue weighted by molar-refractivity contribution is 5.99. The van der Waals surface area contributed by atoms with E-state index in [9.17, 15) is 47.9 Å². The summed E-state index contributed by atoms with van der Waals surface area (Å²) in [6.45, 7) is -1.51. The summed E-state index contributed by atoms with van der Waals surface area (Å²) in [5.74, 6) is -11.3. The smallest absolute Gasteiger partial charge is 0.322 e. The van der Waals surface area contributed by atoms with E-state index < -0.39 is 122 Å². The average Bonchev–Trinajstić information content (AvgIpc) is 2.83. The normalized spacial score (nSPS) is 13.2. The van der Waals surface area contributed by atoms with Crippen LogP contribution in [0.25, 0.3) is 0 Å². The van der Waals surface area contributed by atoms with Gasteiger partial charge in [0.1, 0.15) is 24.7 Å². The lowest BCUT2D eigenvalue weighted by atomic mass is 10.1. The summed E-state index contributed by atoms with van der Waals surface area (Å²) in [4.78, 5) is 118. The number of hydrogen-bond acceptors (Lipinski definition) is 11. The highest BCUT2D eigenvalue weighted by atomic mass is 16.4. The van der Waals surface area contributed by atoms with Crippen molar-refractivity contribution in [3.05, 3.63) is 0 Å². The topological polar surface area (TPSA) is 381 Å². The number of amides is 9. The van der Waals surface area contributed by atoms with Crippen molar-refractivity contribution in [2.24, 2.45) is 28.7 Å². The molecule has 228 valence electrons. The molecule has 0 saturated heterocycles. The van der Waals surface area contributed by atoms with E-state index in [1.165, 1.54) is 0 Å². The van der Waals surface area contributed by atoms with Crippen molar-refractivity contribution < 1.29 is 53.1 Å². The zero-order valence-corrected chi connectivity index (χ0v) is 21.5. The molecule has 0 aliphatic rings. The quantitative estimate of drug-likeness (QED) is 0.0670. The molecule has 0 unspecified atom stereocenters. The molecule has 21 nitrogen and oxygen atoms in total. The fourth-order valence-corrected chi connectivity index (χ4v) is 2.89. The van der Waals surface area contributed by atoms with Gasteiger partial charge in [-0.1, -0.05) is 0 Å². The molecule has 0 bridgehead atoms. The van der Waals surface area contributed by atoms with Gasteiger partial charge in [0, 0.05) is 0 Å². The summed E-state index contributed by atoms with van der Waals surface area (Å²) in [7, 11) is 0. The predicted molar refractivity (Wildman–Crippen MR) is 133 cm³/mol. The second-order valence-corrected chi connectivity index (χ2v) is 8.36. The molecule has 21 heteroatoms. The number of carboxylic acid groups (broad SMARTS) is 1. The number of hydrogen-bond donors (Lipinski definition) is 11. The molecule has 0 spiro atoms. The van der Waals surface area contributed by atoms with Gasteiger partial charge >= 0.3 is 5.97 Å². The van der Waals surface area contributed by atoms with Gasteiger partial charge in [0.2, 0.25) is 53.2 Å². The summed E-state index contributed by atoms with van der Waals surface area (Å²) < 4.78 is 0. The monoisotopic (exact) mass is 588 g/mol. The summed E-state index contributed by atoms with van der Waals surface area (Å²) in [5, 5.41) is 18.7. The molecule has 0 aromatic rings. The van der Waals surface area contributed by atoms with Gasteiger partial charge in [-0.2, -0.15) is 0 Å². The Morgan fingerprint density at radius 2 is 0.878 bits per heavy atom. The second kappa shape index (κ2) is 17.3. The van der Waals surface area contributed by atoms with Gasteiger partial charge in [0.25, 0.3) is 0 Å². The fourth-order valence-electron chi connectivity index (χ4n) is 2.89. The Morgan fingerprint density at radius 3 is 1.24 bits per heavy atom. The van der Waals surface area contributed by atoms with Crippen LogP contribution in [0.2, 0.25) is 0 Å². The van der Waals surface area contributed by atoms with Crippen LogP contribution in [0.3, 0.4) is 0 Å². The van der Waals surface area contributed by atoms with Crippen LogP contribution in [0.15, 0.2) is 0 Å². The second-order valence-electron chi connectivity index (χ2n) is 8.36. The predicted octanol–water partition coefficient (Wildman–Crippen LogP) is -8.41. The van der Waals surface area contributed by atoms with Crippen LogP contribution in [0, 0.1) is 0 Å². The number of nitrogens with one attached hydrogen (secondary N) is 5. The Morgan fingerprint density at radius 1 is 0.512 bits per heavy atom. The molecule has 0 saturated carbocycles. The van der Waals surface area contributed by atoms with E-state index in [-0.39, 0.29) is 0 Å². The van der Waals surface area contributed by atoms with Crippen LogP contribution >= 0.6 is 0 Å². The zero-order chi connectivity index (χ0) is 31.9. The molecule has 0 aliphatic heterocycles. The summed E-state index contributed by atoms with van der Waals surface area (Å²) in [6, 6.07) is -6.85. The molecule has 9 amide bonds. The Bertz CT molecular complexity index is 1080. The zero-order valence-electron chi connectivity index (χ0n) is 21.5. The first kappa shape index (κ1) is 35.7. The molecule has 0 heterocycles. The van der Waals surface area contributed by atoms with Crippen molar-refractivity contribution in [2.75, 3.05) is 13.1 Å². The lowest BCUT2D eigenvalue weighted by molar-refractivity contribution is -0.138. The van der Waals surface area contributed by atoms with Crippen LogP contribution < -0.4 is 55.3 Å². The first-order chi connectivity index (χ1) is 18.9. The van der Waals surface area contributed by atoms with E-state index in [0.29, 0.717) is 0 Å². The molecular weight excluding hydrogens is 556 g/mol. The minimum Gasteiger partial charge on any atom is -0.480 e. The van der Waals surface area contributed by atoms with Crippen LogP contribution in [0.5, 0.6) is 0 Å². The minimum absolute atomic E-state index is 0.617. The largest absolute Gasteiger partial charge is 0.480 e. The van der Waals surface area contributed by atoms with Crippen molar-refractivity contribution in [3.8, 4) is 0 Å². The molecule has 0 aliphatic carbocycles. The van der Waals surface area contributed by atoms with Crippen molar-refractivity contribution in [2.45, 2.75) is 49.9 Å². The van der Waals surface area contributed by atoms with E-state index in [1.807, 2.05) is 26.6 Å². The highest BCUT2D eigenvalue weighted by Gasteiger charge is 2.32. The van der Waals surface area contributed by atoms with Gasteiger partial charge in [-0.3, -0.25) is 47.9 Å². The van der Waals surface area contributed by atoms with Crippen LogP contribution in [-0.4, -0.2) is 101 Å². The number of nitrogens with two attached hydrogens (primary N) is 5. The summed E-state index contributed by atoms with van der Waals surface area (Å²) in [5.41, 5.74) is 25.7. The maximum Gasteiger partial charge on any atom is 0.322 e. The number of carbonyl (C=O) groups excluding carboxylic acids is 9. The van der Waals surface area contributed by atoms with Crippen LogP contribution in [0.4, 0.5) is 0 Å². The molecule has 4 atom stereocenters. The molecule has 0 radical (unpaired) electrons. The van der Waals surface area contributed by atoms with Gasteiger partial charge in [0.15, 0.2) is 0 Å². The summed E-state index contributed by atoms with van der Waals surface area (Å²) in [6.07, 6.45) is -3.13. The molecule has 0 fully saturated rings.